The largest absolute Gasteiger partial charge is 2.00 e. The van der Waals surface area contributed by atoms with Gasteiger partial charge < -0.3 is 14.5 Å². The molecule has 0 aromatic heterocycles. The van der Waals surface area contributed by atoms with Crippen LogP contribution in [0.25, 0.3) is 0 Å². The predicted octanol–water partition coefficient (Wildman–Crippen LogP) is -2.33. The van der Waals surface area contributed by atoms with Gasteiger partial charge in [-0.2, -0.15) is 0 Å². The SMILES string of the molecule is O=C([O-])CCS(=O)(=O)[O-].[Zn+2]. The Bertz CT molecular complexity index is 195. The molecule has 0 bridgehead atoms. The second-order valence-corrected chi connectivity index (χ2v) is 2.91. The second kappa shape index (κ2) is 4.76. The van der Waals surface area contributed by atoms with E-state index in [-0.39, 0.29) is 19.5 Å². The van der Waals surface area contributed by atoms with E-state index in [4.69, 9.17) is 0 Å². The van der Waals surface area contributed by atoms with Gasteiger partial charge in [-0.25, -0.2) is 8.42 Å². The third kappa shape index (κ3) is 10.9. The Morgan fingerprint density at radius 1 is 1.40 bits per heavy atom. The summed E-state index contributed by atoms with van der Waals surface area (Å²) >= 11 is 0. The first-order valence-corrected chi connectivity index (χ1v) is 3.63. The van der Waals surface area contributed by atoms with Crippen LogP contribution in [0.2, 0.25) is 0 Å². The molecule has 7 heteroatoms. The second-order valence-electron chi connectivity index (χ2n) is 1.38. The van der Waals surface area contributed by atoms with Gasteiger partial charge in [0, 0.05) is 11.7 Å². The van der Waals surface area contributed by atoms with Gasteiger partial charge in [0.15, 0.2) is 0 Å². The topological polar surface area (TPSA) is 97.3 Å². The summed E-state index contributed by atoms with van der Waals surface area (Å²) < 4.78 is 29.1. The fourth-order valence-corrected chi connectivity index (χ4v) is 0.625. The van der Waals surface area contributed by atoms with E-state index < -0.39 is 28.3 Å². The number of rotatable bonds is 3. The Balaban J connectivity index is 0. The zero-order valence-corrected chi connectivity index (χ0v) is 8.85. The van der Waals surface area contributed by atoms with Gasteiger partial charge in [-0.05, 0) is 6.42 Å². The van der Waals surface area contributed by atoms with Crippen molar-refractivity contribution in [2.75, 3.05) is 5.75 Å². The van der Waals surface area contributed by atoms with E-state index in [1.165, 1.54) is 0 Å². The van der Waals surface area contributed by atoms with E-state index in [1.54, 1.807) is 0 Å². The van der Waals surface area contributed by atoms with E-state index in [9.17, 15) is 22.9 Å². The molecule has 0 radical (unpaired) electrons. The molecule has 0 aromatic carbocycles. The predicted molar refractivity (Wildman–Crippen MR) is 24.2 cm³/mol. The van der Waals surface area contributed by atoms with Gasteiger partial charge in [0.2, 0.25) is 0 Å². The number of carboxylic acid groups (broad SMARTS) is 1. The molecule has 0 rings (SSSR count). The van der Waals surface area contributed by atoms with Gasteiger partial charge >= 0.3 is 19.5 Å². The van der Waals surface area contributed by atoms with Crippen LogP contribution in [0.15, 0.2) is 0 Å². The molecule has 0 amide bonds. The zero-order valence-electron chi connectivity index (χ0n) is 5.07. The van der Waals surface area contributed by atoms with E-state index in [1.807, 2.05) is 0 Å². The minimum Gasteiger partial charge on any atom is -0.748 e. The molecule has 0 spiro atoms. The van der Waals surface area contributed by atoms with Gasteiger partial charge in [-0.15, -0.1) is 0 Å². The van der Waals surface area contributed by atoms with E-state index in [0.29, 0.717) is 0 Å². The van der Waals surface area contributed by atoms with Crippen molar-refractivity contribution in [3.05, 3.63) is 0 Å². The van der Waals surface area contributed by atoms with Crippen molar-refractivity contribution in [1.29, 1.82) is 0 Å². The minimum atomic E-state index is -4.39. The van der Waals surface area contributed by atoms with E-state index in [2.05, 4.69) is 0 Å². The Kier molecular flexibility index (Phi) is 6.03. The maximum atomic E-state index is 9.69. The summed E-state index contributed by atoms with van der Waals surface area (Å²) in [5.74, 6) is -2.43. The quantitative estimate of drug-likeness (QED) is 0.390. The van der Waals surface area contributed by atoms with Gasteiger partial charge in [-0.3, -0.25) is 0 Å². The minimum absolute atomic E-state index is 0. The Morgan fingerprint density at radius 3 is 1.90 bits per heavy atom. The molecule has 0 N–H and O–H groups in total. The van der Waals surface area contributed by atoms with Gasteiger partial charge in [-0.1, -0.05) is 0 Å². The Hall–Kier alpha value is 0.00338. The van der Waals surface area contributed by atoms with Crippen molar-refractivity contribution in [2.24, 2.45) is 0 Å². The van der Waals surface area contributed by atoms with Crippen molar-refractivity contribution in [2.45, 2.75) is 6.42 Å². The average molecular weight is 218 g/mol. The molecule has 0 aliphatic carbocycles. The van der Waals surface area contributed by atoms with Crippen LogP contribution in [-0.2, 0) is 34.4 Å². The molecule has 0 aliphatic heterocycles. The van der Waals surface area contributed by atoms with Crippen molar-refractivity contribution in [3.63, 3.8) is 0 Å². The van der Waals surface area contributed by atoms with Gasteiger partial charge in [0.1, 0.15) is 0 Å². The number of aliphatic carboxylic acids is 1. The molecular formula is C3H4O5SZn. The standard InChI is InChI=1S/C3H6O5S.Zn/c4-3(5)1-2-9(6,7)8;/h1-2H2,(H,4,5)(H,6,7,8);/q;+2/p-2. The normalized spacial score (nSPS) is 10.1. The van der Waals surface area contributed by atoms with Crippen LogP contribution in [0.1, 0.15) is 6.42 Å². The first kappa shape index (κ1) is 12.7. The molecule has 10 heavy (non-hydrogen) atoms. The first-order valence-electron chi connectivity index (χ1n) is 2.05. The number of carbonyl (C=O) groups is 1. The average Bonchev–Trinajstić information content (AvgIpc) is 1.59. The van der Waals surface area contributed by atoms with Gasteiger partial charge in [0.25, 0.3) is 0 Å². The van der Waals surface area contributed by atoms with Crippen molar-refractivity contribution in [3.8, 4) is 0 Å². The number of carbonyl (C=O) groups excluding carboxylic acids is 1. The molecule has 54 valence electrons. The summed E-state index contributed by atoms with van der Waals surface area (Å²) in [5.41, 5.74) is 0. The molecule has 0 saturated heterocycles. The zero-order chi connectivity index (χ0) is 7.49. The third-order valence-corrected chi connectivity index (χ3v) is 1.26. The van der Waals surface area contributed by atoms with Crippen LogP contribution in [0.3, 0.4) is 0 Å². The smallest absolute Gasteiger partial charge is 0.748 e. The van der Waals surface area contributed by atoms with Crippen LogP contribution in [-0.4, -0.2) is 24.7 Å². The van der Waals surface area contributed by atoms with Crippen molar-refractivity contribution < 1.29 is 42.3 Å². The summed E-state index contributed by atoms with van der Waals surface area (Å²) in [4.78, 5) is 9.53. The summed E-state index contributed by atoms with van der Waals surface area (Å²) in [7, 11) is -4.39. The molecule has 0 atom stereocenters. The summed E-state index contributed by atoms with van der Waals surface area (Å²) in [6.07, 6.45) is -0.730. The van der Waals surface area contributed by atoms with Crippen LogP contribution < -0.4 is 5.11 Å². The molecule has 0 heterocycles. The maximum absolute atomic E-state index is 9.69. The molecule has 0 unspecified atom stereocenters. The molecule has 0 saturated carbocycles. The number of carboxylic acids is 1. The molecular weight excluding hydrogens is 213 g/mol. The van der Waals surface area contributed by atoms with Crippen LogP contribution in [0.4, 0.5) is 0 Å². The Labute approximate surface area is 70.9 Å². The third-order valence-electron chi connectivity index (χ3n) is 0.556. The molecule has 0 aromatic rings. The summed E-state index contributed by atoms with van der Waals surface area (Å²) in [6.45, 7) is 0. The monoisotopic (exact) mass is 216 g/mol. The molecule has 0 aliphatic rings. The van der Waals surface area contributed by atoms with Crippen LogP contribution in [0.5, 0.6) is 0 Å². The van der Waals surface area contributed by atoms with Crippen molar-refractivity contribution in [1.82, 2.24) is 0 Å². The van der Waals surface area contributed by atoms with Crippen LogP contribution >= 0.6 is 0 Å². The Morgan fingerprint density at radius 2 is 1.80 bits per heavy atom. The van der Waals surface area contributed by atoms with Gasteiger partial charge in [0.05, 0.1) is 10.1 Å². The summed E-state index contributed by atoms with van der Waals surface area (Å²) in [6, 6.07) is 0. The fourth-order valence-electron chi connectivity index (χ4n) is 0.208. The summed E-state index contributed by atoms with van der Waals surface area (Å²) in [5, 5.41) is 9.53. The van der Waals surface area contributed by atoms with Crippen LogP contribution in [0, 0.1) is 0 Å². The molecule has 0 fully saturated rings. The first-order chi connectivity index (χ1) is 3.92. The van der Waals surface area contributed by atoms with Crippen molar-refractivity contribution >= 4 is 16.1 Å². The van der Waals surface area contributed by atoms with E-state index >= 15 is 0 Å². The molecule has 5 nitrogen and oxygen atoms in total. The fraction of sp³-hybridized carbons (Fsp3) is 0.667. The number of hydrogen-bond donors (Lipinski definition) is 0. The maximum Gasteiger partial charge on any atom is 2.00 e. The van der Waals surface area contributed by atoms with E-state index in [0.717, 1.165) is 0 Å². The number of hydrogen-bond acceptors (Lipinski definition) is 5.